The first-order valence-corrected chi connectivity index (χ1v) is 13.2. The molecule has 180 valence electrons. The van der Waals surface area contributed by atoms with Gasteiger partial charge >= 0.3 is 0 Å². The molecule has 1 saturated heterocycles. The Morgan fingerprint density at radius 1 is 1.09 bits per heavy atom. The van der Waals surface area contributed by atoms with Gasteiger partial charge in [-0.15, -0.1) is 0 Å². The van der Waals surface area contributed by atoms with E-state index in [4.69, 9.17) is 16.3 Å². The molecule has 0 amide bonds. The topological polar surface area (TPSA) is 117 Å². The number of sulfonamides is 1. The third kappa shape index (κ3) is 6.96. The van der Waals surface area contributed by atoms with Crippen molar-refractivity contribution in [3.05, 3.63) is 59.8 Å². The average Bonchev–Trinajstić information content (AvgIpc) is 2.81. The Balaban J connectivity index is 1.46. The van der Waals surface area contributed by atoms with Crippen LogP contribution in [-0.4, -0.2) is 44.3 Å². The smallest absolute Gasteiger partial charge is 0.229 e. The Morgan fingerprint density at radius 3 is 2.62 bits per heavy atom. The number of piperidine rings is 1. The SMILES string of the molecule is CS(=O)(=O)Nc1ccccc1Nc1nc(Nc2cccc(OCC3CCNCC3)c2)ncc1Cl. The maximum absolute atomic E-state index is 11.7. The molecule has 0 atom stereocenters. The summed E-state index contributed by atoms with van der Waals surface area (Å²) in [6, 6.07) is 14.5. The summed E-state index contributed by atoms with van der Waals surface area (Å²) < 4.78 is 31.8. The molecule has 2 aromatic carbocycles. The number of nitrogens with zero attached hydrogens (tertiary/aromatic N) is 2. The monoisotopic (exact) mass is 502 g/mol. The van der Waals surface area contributed by atoms with Gasteiger partial charge in [-0.05, 0) is 56.1 Å². The van der Waals surface area contributed by atoms with Crippen LogP contribution < -0.4 is 25.4 Å². The van der Waals surface area contributed by atoms with Crippen molar-refractivity contribution < 1.29 is 13.2 Å². The predicted molar refractivity (Wildman–Crippen MR) is 136 cm³/mol. The molecule has 1 aromatic heterocycles. The zero-order valence-electron chi connectivity index (χ0n) is 18.7. The summed E-state index contributed by atoms with van der Waals surface area (Å²) in [6.07, 6.45) is 4.81. The minimum Gasteiger partial charge on any atom is -0.493 e. The fourth-order valence-electron chi connectivity index (χ4n) is 3.58. The molecule has 2 heterocycles. The van der Waals surface area contributed by atoms with E-state index in [0.29, 0.717) is 40.7 Å². The van der Waals surface area contributed by atoms with Crippen LogP contribution in [0.5, 0.6) is 5.75 Å². The van der Waals surface area contributed by atoms with Gasteiger partial charge < -0.3 is 20.7 Å². The van der Waals surface area contributed by atoms with Crippen LogP contribution in [0.15, 0.2) is 54.7 Å². The van der Waals surface area contributed by atoms with Crippen LogP contribution in [0.25, 0.3) is 0 Å². The molecular weight excluding hydrogens is 476 g/mol. The lowest BCUT2D eigenvalue weighted by Crippen LogP contribution is -2.30. The van der Waals surface area contributed by atoms with E-state index in [1.54, 1.807) is 24.3 Å². The van der Waals surface area contributed by atoms with Crippen LogP contribution in [0.3, 0.4) is 0 Å². The van der Waals surface area contributed by atoms with Crippen molar-refractivity contribution in [1.82, 2.24) is 15.3 Å². The Bertz CT molecular complexity index is 1230. The maximum Gasteiger partial charge on any atom is 0.229 e. The molecule has 3 aromatic rings. The Hall–Kier alpha value is -3.08. The van der Waals surface area contributed by atoms with Crippen molar-refractivity contribution in [3.8, 4) is 5.75 Å². The maximum atomic E-state index is 11.7. The third-order valence-electron chi connectivity index (χ3n) is 5.25. The lowest BCUT2D eigenvalue weighted by Gasteiger charge is -2.22. The number of nitrogens with one attached hydrogen (secondary N) is 4. The number of rotatable bonds is 9. The van der Waals surface area contributed by atoms with Gasteiger partial charge in [0.15, 0.2) is 5.82 Å². The third-order valence-corrected chi connectivity index (χ3v) is 6.12. The highest BCUT2D eigenvalue weighted by atomic mass is 35.5. The summed E-state index contributed by atoms with van der Waals surface area (Å²) in [4.78, 5) is 8.71. The second kappa shape index (κ2) is 10.9. The van der Waals surface area contributed by atoms with Gasteiger partial charge in [0.05, 0.1) is 30.4 Å². The van der Waals surface area contributed by atoms with Gasteiger partial charge in [-0.3, -0.25) is 4.72 Å². The van der Waals surface area contributed by atoms with Crippen molar-refractivity contribution in [3.63, 3.8) is 0 Å². The number of benzene rings is 2. The fraction of sp³-hybridized carbons (Fsp3) is 0.304. The zero-order valence-corrected chi connectivity index (χ0v) is 20.3. The number of para-hydroxylation sites is 2. The van der Waals surface area contributed by atoms with E-state index in [-0.39, 0.29) is 0 Å². The largest absolute Gasteiger partial charge is 0.493 e. The van der Waals surface area contributed by atoms with Gasteiger partial charge in [0.25, 0.3) is 0 Å². The molecule has 4 N–H and O–H groups in total. The number of anilines is 5. The van der Waals surface area contributed by atoms with Gasteiger partial charge in [0.1, 0.15) is 10.8 Å². The van der Waals surface area contributed by atoms with E-state index >= 15 is 0 Å². The van der Waals surface area contributed by atoms with E-state index in [1.165, 1.54) is 6.20 Å². The molecule has 0 saturated carbocycles. The Morgan fingerprint density at radius 2 is 1.85 bits per heavy atom. The summed E-state index contributed by atoms with van der Waals surface area (Å²) in [6.45, 7) is 2.76. The van der Waals surface area contributed by atoms with Crippen molar-refractivity contribution in [2.45, 2.75) is 12.8 Å². The predicted octanol–water partition coefficient (Wildman–Crippen LogP) is 4.37. The first-order valence-electron chi connectivity index (χ1n) is 10.9. The summed E-state index contributed by atoms with van der Waals surface area (Å²) in [5.41, 5.74) is 1.66. The molecule has 1 aliphatic heterocycles. The number of hydrogen-bond acceptors (Lipinski definition) is 8. The van der Waals surface area contributed by atoms with E-state index in [1.807, 2.05) is 24.3 Å². The summed E-state index contributed by atoms with van der Waals surface area (Å²) in [7, 11) is -3.45. The highest BCUT2D eigenvalue weighted by Gasteiger charge is 2.14. The number of halogens is 1. The van der Waals surface area contributed by atoms with Gasteiger partial charge in [0.2, 0.25) is 16.0 Å². The second-order valence-corrected chi connectivity index (χ2v) is 10.2. The second-order valence-electron chi connectivity index (χ2n) is 8.09. The summed E-state index contributed by atoms with van der Waals surface area (Å²) in [5, 5.41) is 9.90. The minimum atomic E-state index is -3.45. The molecule has 4 rings (SSSR count). The van der Waals surface area contributed by atoms with Crippen LogP contribution >= 0.6 is 11.6 Å². The molecule has 0 aliphatic carbocycles. The van der Waals surface area contributed by atoms with Gasteiger partial charge in [-0.2, -0.15) is 4.98 Å². The van der Waals surface area contributed by atoms with Crippen LogP contribution in [-0.2, 0) is 10.0 Å². The van der Waals surface area contributed by atoms with E-state index in [0.717, 1.165) is 43.6 Å². The van der Waals surface area contributed by atoms with E-state index in [9.17, 15) is 8.42 Å². The quantitative estimate of drug-likeness (QED) is 0.341. The molecule has 0 unspecified atom stereocenters. The molecule has 0 spiro atoms. The molecule has 0 bridgehead atoms. The molecule has 1 fully saturated rings. The number of ether oxygens (including phenoxy) is 1. The highest BCUT2D eigenvalue weighted by molar-refractivity contribution is 7.92. The molecule has 34 heavy (non-hydrogen) atoms. The Labute approximate surface area is 204 Å². The van der Waals surface area contributed by atoms with Crippen molar-refractivity contribution in [1.29, 1.82) is 0 Å². The molecule has 11 heteroatoms. The van der Waals surface area contributed by atoms with Crippen LogP contribution in [0, 0.1) is 5.92 Å². The summed E-state index contributed by atoms with van der Waals surface area (Å²) in [5.74, 6) is 2.00. The van der Waals surface area contributed by atoms with Crippen LogP contribution in [0.1, 0.15) is 12.8 Å². The highest BCUT2D eigenvalue weighted by Crippen LogP contribution is 2.30. The molecule has 0 radical (unpaired) electrons. The Kier molecular flexibility index (Phi) is 7.71. The van der Waals surface area contributed by atoms with Crippen LogP contribution in [0.4, 0.5) is 28.8 Å². The van der Waals surface area contributed by atoms with Gasteiger partial charge in [-0.1, -0.05) is 29.8 Å². The van der Waals surface area contributed by atoms with E-state index in [2.05, 4.69) is 30.6 Å². The van der Waals surface area contributed by atoms with Gasteiger partial charge in [0, 0.05) is 11.8 Å². The zero-order chi connectivity index (χ0) is 24.0. The number of hydrogen-bond donors (Lipinski definition) is 4. The standard InChI is InChI=1S/C23H27ClN6O3S/c1-34(31,32)30-21-8-3-2-7-20(21)28-22-19(24)14-26-23(29-22)27-17-5-4-6-18(13-17)33-15-16-9-11-25-12-10-16/h2-8,13-14,16,25,30H,9-12,15H2,1H3,(H2,26,27,28,29). The minimum absolute atomic E-state index is 0.291. The van der Waals surface area contributed by atoms with E-state index < -0.39 is 10.0 Å². The van der Waals surface area contributed by atoms with Gasteiger partial charge in [-0.25, -0.2) is 13.4 Å². The molecule has 1 aliphatic rings. The van der Waals surface area contributed by atoms with Crippen molar-refractivity contribution >= 4 is 50.5 Å². The average molecular weight is 503 g/mol. The summed E-state index contributed by atoms with van der Waals surface area (Å²) >= 11 is 6.30. The first kappa shape index (κ1) is 24.1. The molecule has 9 nitrogen and oxygen atoms in total. The van der Waals surface area contributed by atoms with Crippen LogP contribution in [0.2, 0.25) is 5.02 Å². The van der Waals surface area contributed by atoms with Crippen molar-refractivity contribution in [2.24, 2.45) is 5.92 Å². The lowest BCUT2D eigenvalue weighted by molar-refractivity contribution is 0.215. The van der Waals surface area contributed by atoms with Crippen molar-refractivity contribution in [2.75, 3.05) is 41.3 Å². The fourth-order valence-corrected chi connectivity index (χ4v) is 4.29. The lowest BCUT2D eigenvalue weighted by atomic mass is 9.99. The molecular formula is C23H27ClN6O3S. The normalized spacial score (nSPS) is 14.4. The first-order chi connectivity index (χ1) is 16.4. The number of aromatic nitrogens is 2.